The van der Waals surface area contributed by atoms with Crippen molar-refractivity contribution in [3.63, 3.8) is 0 Å². The number of benzene rings is 1. The minimum absolute atomic E-state index is 0.141. The minimum Gasteiger partial charge on any atom is -0.443 e. The van der Waals surface area contributed by atoms with Crippen molar-refractivity contribution in [2.75, 3.05) is 0 Å². The highest BCUT2D eigenvalue weighted by atomic mass is 31.1. The molecule has 12 heavy (non-hydrogen) atoms. The molecule has 1 rings (SSSR count). The molecular weight excluding hydrogens is 171 g/mol. The first-order chi connectivity index (χ1) is 5.83. The Balaban J connectivity index is 2.38. The zero-order chi connectivity index (χ0) is 8.81. The highest BCUT2D eigenvalue weighted by Gasteiger charge is 1.98. The van der Waals surface area contributed by atoms with Crippen molar-refractivity contribution in [3.05, 3.63) is 30.3 Å². The first kappa shape index (κ1) is 9.21. The average Bonchev–Trinajstić information content (AvgIpc) is 2.16. The smallest absolute Gasteiger partial charge is 0.308 e. The second kappa shape index (κ2) is 4.89. The van der Waals surface area contributed by atoms with Gasteiger partial charge in [-0.2, -0.15) is 0 Å². The zero-order valence-electron chi connectivity index (χ0n) is 6.91. The summed E-state index contributed by atoms with van der Waals surface area (Å²) in [5, 5.41) is 1.05. The Morgan fingerprint density at radius 2 is 2.08 bits per heavy atom. The molecule has 64 valence electrons. The van der Waals surface area contributed by atoms with Gasteiger partial charge in [-0.25, -0.2) is 0 Å². The van der Waals surface area contributed by atoms with Gasteiger partial charge in [0.25, 0.3) is 0 Å². The molecule has 0 aromatic heterocycles. The van der Waals surface area contributed by atoms with Gasteiger partial charge in [-0.15, -0.1) is 0 Å². The molecular formula is C9H11O2P. The molecule has 3 heteroatoms. The monoisotopic (exact) mass is 182 g/mol. The van der Waals surface area contributed by atoms with Gasteiger partial charge >= 0.3 is 5.97 Å². The van der Waals surface area contributed by atoms with E-state index < -0.39 is 0 Å². The molecule has 0 aliphatic carbocycles. The summed E-state index contributed by atoms with van der Waals surface area (Å²) in [7, 11) is 0.142. The van der Waals surface area contributed by atoms with Crippen LogP contribution in [0.5, 0.6) is 0 Å². The molecule has 2 nitrogen and oxygen atoms in total. The largest absolute Gasteiger partial charge is 0.443 e. The van der Waals surface area contributed by atoms with Crippen molar-refractivity contribution in [1.29, 1.82) is 0 Å². The fourth-order valence-electron chi connectivity index (χ4n) is 0.694. The molecule has 1 aromatic rings. The highest BCUT2D eigenvalue weighted by Crippen LogP contribution is 2.11. The molecule has 0 N–H and O–H groups in total. The van der Waals surface area contributed by atoms with Crippen molar-refractivity contribution in [3.8, 4) is 0 Å². The van der Waals surface area contributed by atoms with Crippen LogP contribution in [0.25, 0.3) is 0 Å². The maximum atomic E-state index is 10.8. The second-order valence-electron chi connectivity index (χ2n) is 2.30. The fraction of sp³-hybridized carbons (Fsp3) is 0.222. The van der Waals surface area contributed by atoms with E-state index in [1.807, 2.05) is 30.3 Å². The van der Waals surface area contributed by atoms with Crippen LogP contribution >= 0.6 is 8.81 Å². The average molecular weight is 182 g/mol. The van der Waals surface area contributed by atoms with Gasteiger partial charge in [-0.1, -0.05) is 37.3 Å². The molecule has 0 radical (unpaired) electrons. The minimum atomic E-state index is -0.141. The third kappa shape index (κ3) is 3.02. The van der Waals surface area contributed by atoms with Crippen LogP contribution < -0.4 is 5.30 Å². The quantitative estimate of drug-likeness (QED) is 0.667. The molecule has 0 aliphatic rings. The molecule has 1 unspecified atom stereocenters. The van der Waals surface area contributed by atoms with Gasteiger partial charge in [0.05, 0.1) is 0 Å². The second-order valence-corrected chi connectivity index (χ2v) is 3.28. The summed E-state index contributed by atoms with van der Waals surface area (Å²) < 4.78 is 4.97. The maximum Gasteiger partial charge on any atom is 0.308 e. The van der Waals surface area contributed by atoms with E-state index >= 15 is 0 Å². The van der Waals surface area contributed by atoms with E-state index in [2.05, 4.69) is 0 Å². The van der Waals surface area contributed by atoms with E-state index in [0.717, 1.165) is 5.30 Å². The lowest BCUT2D eigenvalue weighted by Crippen LogP contribution is -1.99. The predicted octanol–water partition coefficient (Wildman–Crippen LogP) is 1.86. The number of rotatable bonds is 3. The van der Waals surface area contributed by atoms with Gasteiger partial charge < -0.3 is 4.52 Å². The zero-order valence-corrected chi connectivity index (χ0v) is 7.91. The lowest BCUT2D eigenvalue weighted by Gasteiger charge is -2.01. The first-order valence-corrected chi connectivity index (χ1v) is 4.74. The number of carbonyl (C=O) groups excluding carboxylic acids is 1. The van der Waals surface area contributed by atoms with Gasteiger partial charge in [-0.05, 0) is 0 Å². The molecule has 0 fully saturated rings. The SMILES string of the molecule is CCC(=O)OPc1ccccc1. The van der Waals surface area contributed by atoms with E-state index in [0.29, 0.717) is 6.42 Å². The van der Waals surface area contributed by atoms with Crippen LogP contribution in [0.4, 0.5) is 0 Å². The summed E-state index contributed by atoms with van der Waals surface area (Å²) in [4.78, 5) is 10.8. The molecule has 0 bridgehead atoms. The normalized spacial score (nSPS) is 10.4. The van der Waals surface area contributed by atoms with E-state index in [4.69, 9.17) is 4.52 Å². The van der Waals surface area contributed by atoms with Crippen molar-refractivity contribution < 1.29 is 9.32 Å². The molecule has 0 saturated carbocycles. The van der Waals surface area contributed by atoms with E-state index in [-0.39, 0.29) is 14.8 Å². The Bertz CT molecular complexity index is 246. The third-order valence-corrected chi connectivity index (χ3v) is 2.24. The molecule has 0 amide bonds. The highest BCUT2D eigenvalue weighted by molar-refractivity contribution is 7.42. The van der Waals surface area contributed by atoms with Gasteiger partial charge in [0.2, 0.25) is 0 Å². The predicted molar refractivity (Wildman–Crippen MR) is 50.8 cm³/mol. The summed E-state index contributed by atoms with van der Waals surface area (Å²) in [6.07, 6.45) is 0.444. The Kier molecular flexibility index (Phi) is 3.75. The Morgan fingerprint density at radius 1 is 1.42 bits per heavy atom. The van der Waals surface area contributed by atoms with Crippen LogP contribution in [0.2, 0.25) is 0 Å². The lowest BCUT2D eigenvalue weighted by atomic mass is 10.4. The molecule has 1 atom stereocenters. The van der Waals surface area contributed by atoms with E-state index in [9.17, 15) is 4.79 Å². The Morgan fingerprint density at radius 3 is 2.67 bits per heavy atom. The van der Waals surface area contributed by atoms with Crippen LogP contribution in [0, 0.1) is 0 Å². The van der Waals surface area contributed by atoms with Crippen molar-refractivity contribution >= 4 is 20.1 Å². The first-order valence-electron chi connectivity index (χ1n) is 3.83. The van der Waals surface area contributed by atoms with Crippen molar-refractivity contribution in [2.45, 2.75) is 13.3 Å². The van der Waals surface area contributed by atoms with Crippen LogP contribution in [0.15, 0.2) is 30.3 Å². The van der Waals surface area contributed by atoms with Gasteiger partial charge in [0.15, 0.2) is 0 Å². The van der Waals surface area contributed by atoms with Crippen LogP contribution in [-0.2, 0) is 9.32 Å². The van der Waals surface area contributed by atoms with Gasteiger partial charge in [0, 0.05) is 11.7 Å². The Hall–Kier alpha value is -0.880. The van der Waals surface area contributed by atoms with Crippen LogP contribution in [-0.4, -0.2) is 5.97 Å². The fourth-order valence-corrected chi connectivity index (χ4v) is 1.40. The third-order valence-electron chi connectivity index (χ3n) is 1.35. The lowest BCUT2D eigenvalue weighted by molar-refractivity contribution is -0.132. The summed E-state index contributed by atoms with van der Waals surface area (Å²) in [5.41, 5.74) is 0. The van der Waals surface area contributed by atoms with Crippen molar-refractivity contribution in [1.82, 2.24) is 0 Å². The van der Waals surface area contributed by atoms with Gasteiger partial charge in [-0.3, -0.25) is 4.79 Å². The van der Waals surface area contributed by atoms with Crippen LogP contribution in [0.3, 0.4) is 0 Å². The molecule has 1 aromatic carbocycles. The summed E-state index contributed by atoms with van der Waals surface area (Å²) in [5.74, 6) is -0.141. The molecule has 0 aliphatic heterocycles. The molecule has 0 spiro atoms. The molecule has 0 saturated heterocycles. The molecule has 0 heterocycles. The van der Waals surface area contributed by atoms with Gasteiger partial charge in [0.1, 0.15) is 8.81 Å². The number of hydrogen-bond donors (Lipinski definition) is 0. The van der Waals surface area contributed by atoms with Crippen molar-refractivity contribution in [2.24, 2.45) is 0 Å². The summed E-state index contributed by atoms with van der Waals surface area (Å²) >= 11 is 0. The number of carbonyl (C=O) groups is 1. The van der Waals surface area contributed by atoms with E-state index in [1.165, 1.54) is 0 Å². The van der Waals surface area contributed by atoms with Crippen LogP contribution in [0.1, 0.15) is 13.3 Å². The number of hydrogen-bond acceptors (Lipinski definition) is 2. The summed E-state index contributed by atoms with van der Waals surface area (Å²) in [6.45, 7) is 1.79. The maximum absolute atomic E-state index is 10.8. The topological polar surface area (TPSA) is 26.3 Å². The van der Waals surface area contributed by atoms with E-state index in [1.54, 1.807) is 6.92 Å². The standard InChI is InChI=1S/C9H11O2P/c1-2-9(10)11-12-8-6-4-3-5-7-8/h3-7,12H,2H2,1H3. The Labute approximate surface area is 73.8 Å². The summed E-state index contributed by atoms with van der Waals surface area (Å²) in [6, 6.07) is 9.70.